The smallest absolute Gasteiger partial charge is 0.335 e. The minimum absolute atomic E-state index is 0.175. The summed E-state index contributed by atoms with van der Waals surface area (Å²) in [7, 11) is 0. The summed E-state index contributed by atoms with van der Waals surface area (Å²) in [6, 6.07) is 11.8. The minimum atomic E-state index is -0.956. The molecule has 0 aliphatic heterocycles. The zero-order chi connectivity index (χ0) is 18.1. The van der Waals surface area contributed by atoms with Crippen molar-refractivity contribution in [3.05, 3.63) is 59.4 Å². The van der Waals surface area contributed by atoms with Gasteiger partial charge >= 0.3 is 5.97 Å². The van der Waals surface area contributed by atoms with E-state index < -0.39 is 5.97 Å². The second-order valence-corrected chi connectivity index (χ2v) is 6.56. The lowest BCUT2D eigenvalue weighted by atomic mass is 9.99. The number of hydrogen-bond acceptors (Lipinski definition) is 1. The summed E-state index contributed by atoms with van der Waals surface area (Å²) in [5.41, 5.74) is 2.60. The minimum Gasteiger partial charge on any atom is -0.478 e. The molecule has 1 N–H and O–H groups in total. The summed E-state index contributed by atoms with van der Waals surface area (Å²) < 4.78 is 14.3. The second kappa shape index (κ2) is 9.97. The first-order valence-electron chi connectivity index (χ1n) is 9.24. The lowest BCUT2D eigenvalue weighted by Gasteiger charge is -2.07. The van der Waals surface area contributed by atoms with Crippen LogP contribution in [0, 0.1) is 5.82 Å². The van der Waals surface area contributed by atoms with Gasteiger partial charge in [-0.1, -0.05) is 69.7 Å². The quantitative estimate of drug-likeness (QED) is 0.501. The predicted octanol–water partition coefficient (Wildman–Crippen LogP) is 6.48. The molecule has 0 heterocycles. The van der Waals surface area contributed by atoms with Crippen molar-refractivity contribution in [3.63, 3.8) is 0 Å². The highest BCUT2D eigenvalue weighted by atomic mass is 19.1. The van der Waals surface area contributed by atoms with Gasteiger partial charge in [-0.25, -0.2) is 9.18 Å². The Balaban J connectivity index is 1.88. The van der Waals surface area contributed by atoms with E-state index in [1.54, 1.807) is 30.3 Å². The lowest BCUT2D eigenvalue weighted by Crippen LogP contribution is -1.95. The van der Waals surface area contributed by atoms with E-state index >= 15 is 0 Å². The van der Waals surface area contributed by atoms with Crippen LogP contribution in [-0.2, 0) is 6.42 Å². The summed E-state index contributed by atoms with van der Waals surface area (Å²) in [5, 5.41) is 8.93. The maximum absolute atomic E-state index is 14.3. The van der Waals surface area contributed by atoms with E-state index in [4.69, 9.17) is 5.11 Å². The van der Waals surface area contributed by atoms with Crippen molar-refractivity contribution in [3.8, 4) is 11.1 Å². The third-order valence-corrected chi connectivity index (χ3v) is 4.57. The highest BCUT2D eigenvalue weighted by molar-refractivity contribution is 5.88. The SMILES string of the molecule is CCCCCCCCCc1ccc(-c2ccc(C(=O)O)cc2)cc1F. The molecule has 3 heteroatoms. The number of aryl methyl sites for hydroxylation is 1. The van der Waals surface area contributed by atoms with Crippen LogP contribution < -0.4 is 0 Å². The Hall–Kier alpha value is -2.16. The van der Waals surface area contributed by atoms with Crippen LogP contribution >= 0.6 is 0 Å². The molecule has 0 atom stereocenters. The number of benzene rings is 2. The van der Waals surface area contributed by atoms with Gasteiger partial charge in [0.2, 0.25) is 0 Å². The maximum Gasteiger partial charge on any atom is 0.335 e. The molecule has 2 aromatic carbocycles. The Morgan fingerprint density at radius 1 is 0.880 bits per heavy atom. The van der Waals surface area contributed by atoms with Gasteiger partial charge in [-0.3, -0.25) is 0 Å². The van der Waals surface area contributed by atoms with Crippen molar-refractivity contribution in [2.24, 2.45) is 0 Å². The van der Waals surface area contributed by atoms with E-state index in [9.17, 15) is 9.18 Å². The molecular formula is C22H27FO2. The van der Waals surface area contributed by atoms with Gasteiger partial charge in [0.1, 0.15) is 5.82 Å². The Morgan fingerprint density at radius 2 is 1.48 bits per heavy atom. The largest absolute Gasteiger partial charge is 0.478 e. The van der Waals surface area contributed by atoms with Crippen molar-refractivity contribution in [1.29, 1.82) is 0 Å². The van der Waals surface area contributed by atoms with Crippen LogP contribution in [0.3, 0.4) is 0 Å². The predicted molar refractivity (Wildman–Crippen MR) is 100 cm³/mol. The summed E-state index contributed by atoms with van der Waals surface area (Å²) >= 11 is 0. The summed E-state index contributed by atoms with van der Waals surface area (Å²) in [4.78, 5) is 10.9. The van der Waals surface area contributed by atoms with E-state index in [2.05, 4.69) is 6.92 Å². The number of rotatable bonds is 10. The van der Waals surface area contributed by atoms with E-state index in [0.717, 1.165) is 36.0 Å². The highest BCUT2D eigenvalue weighted by Gasteiger charge is 2.07. The highest BCUT2D eigenvalue weighted by Crippen LogP contribution is 2.23. The number of carboxylic acid groups (broad SMARTS) is 1. The fraction of sp³-hybridized carbons (Fsp3) is 0.409. The average molecular weight is 342 g/mol. The van der Waals surface area contributed by atoms with E-state index in [-0.39, 0.29) is 11.4 Å². The van der Waals surface area contributed by atoms with Gasteiger partial charge < -0.3 is 5.11 Å². The van der Waals surface area contributed by atoms with E-state index in [1.165, 1.54) is 32.1 Å². The molecule has 0 aromatic heterocycles. The molecule has 0 saturated carbocycles. The first-order chi connectivity index (χ1) is 12.1. The number of carboxylic acids is 1. The maximum atomic E-state index is 14.3. The molecule has 0 fully saturated rings. The fourth-order valence-corrected chi connectivity index (χ4v) is 3.01. The van der Waals surface area contributed by atoms with Crippen molar-refractivity contribution in [2.75, 3.05) is 0 Å². The Labute approximate surface area is 149 Å². The second-order valence-electron chi connectivity index (χ2n) is 6.56. The van der Waals surface area contributed by atoms with Crippen LogP contribution in [0.1, 0.15) is 67.8 Å². The van der Waals surface area contributed by atoms with Crippen LogP contribution in [0.5, 0.6) is 0 Å². The summed E-state index contributed by atoms with van der Waals surface area (Å²) in [5.74, 6) is -1.13. The Bertz CT molecular complexity index is 677. The van der Waals surface area contributed by atoms with Gasteiger partial charge in [0, 0.05) is 0 Å². The molecular weight excluding hydrogens is 315 g/mol. The molecule has 2 rings (SSSR count). The zero-order valence-electron chi connectivity index (χ0n) is 14.9. The monoisotopic (exact) mass is 342 g/mol. The normalized spacial score (nSPS) is 10.8. The number of aromatic carboxylic acids is 1. The van der Waals surface area contributed by atoms with E-state index in [0.29, 0.717) is 0 Å². The molecule has 0 spiro atoms. The third-order valence-electron chi connectivity index (χ3n) is 4.57. The van der Waals surface area contributed by atoms with Gasteiger partial charge in [-0.15, -0.1) is 0 Å². The molecule has 0 saturated heterocycles. The Kier molecular flexibility index (Phi) is 7.65. The van der Waals surface area contributed by atoms with Crippen LogP contribution in [0.15, 0.2) is 42.5 Å². The van der Waals surface area contributed by atoms with Crippen molar-refractivity contribution in [2.45, 2.75) is 58.3 Å². The average Bonchev–Trinajstić information content (AvgIpc) is 2.62. The van der Waals surface area contributed by atoms with Gasteiger partial charge in [-0.2, -0.15) is 0 Å². The molecule has 134 valence electrons. The molecule has 0 amide bonds. The third kappa shape index (κ3) is 6.00. The molecule has 0 aliphatic rings. The molecule has 2 aromatic rings. The van der Waals surface area contributed by atoms with E-state index in [1.807, 2.05) is 12.1 Å². The van der Waals surface area contributed by atoms with Crippen LogP contribution in [-0.4, -0.2) is 11.1 Å². The van der Waals surface area contributed by atoms with Crippen molar-refractivity contribution < 1.29 is 14.3 Å². The molecule has 0 aliphatic carbocycles. The standard InChI is InChI=1S/C22H27FO2/c1-2-3-4-5-6-7-8-9-18-12-15-20(16-21(18)23)17-10-13-19(14-11-17)22(24)25/h10-16H,2-9H2,1H3,(H,24,25). The molecule has 0 radical (unpaired) electrons. The fourth-order valence-electron chi connectivity index (χ4n) is 3.01. The number of halogens is 1. The molecule has 0 bridgehead atoms. The van der Waals surface area contributed by atoms with Gasteiger partial charge in [0.05, 0.1) is 5.56 Å². The zero-order valence-corrected chi connectivity index (χ0v) is 14.9. The molecule has 2 nitrogen and oxygen atoms in total. The van der Waals surface area contributed by atoms with Crippen LogP contribution in [0.2, 0.25) is 0 Å². The Morgan fingerprint density at radius 3 is 2.08 bits per heavy atom. The van der Waals surface area contributed by atoms with Gasteiger partial charge in [-0.05, 0) is 47.7 Å². The van der Waals surface area contributed by atoms with Crippen LogP contribution in [0.25, 0.3) is 11.1 Å². The topological polar surface area (TPSA) is 37.3 Å². The molecule has 0 unspecified atom stereocenters. The van der Waals surface area contributed by atoms with Crippen molar-refractivity contribution >= 4 is 5.97 Å². The van der Waals surface area contributed by atoms with Gasteiger partial charge in [0.25, 0.3) is 0 Å². The number of unbranched alkanes of at least 4 members (excludes halogenated alkanes) is 6. The summed E-state index contributed by atoms with van der Waals surface area (Å²) in [6.45, 7) is 2.22. The number of hydrogen-bond donors (Lipinski definition) is 1. The molecule has 25 heavy (non-hydrogen) atoms. The lowest BCUT2D eigenvalue weighted by molar-refractivity contribution is 0.0697. The summed E-state index contributed by atoms with van der Waals surface area (Å²) in [6.07, 6.45) is 9.34. The first kappa shape index (κ1) is 19.2. The van der Waals surface area contributed by atoms with Gasteiger partial charge in [0.15, 0.2) is 0 Å². The number of carbonyl (C=O) groups is 1. The van der Waals surface area contributed by atoms with Crippen molar-refractivity contribution in [1.82, 2.24) is 0 Å². The van der Waals surface area contributed by atoms with Crippen LogP contribution in [0.4, 0.5) is 4.39 Å². The first-order valence-corrected chi connectivity index (χ1v) is 9.24.